The second kappa shape index (κ2) is 9.11. The van der Waals surface area contributed by atoms with Crippen LogP contribution in [0.15, 0.2) is 36.4 Å². The first-order chi connectivity index (χ1) is 13.9. The van der Waals surface area contributed by atoms with E-state index in [0.717, 1.165) is 0 Å². The highest BCUT2D eigenvalue weighted by Gasteiger charge is 2.45. The van der Waals surface area contributed by atoms with Crippen LogP contribution < -0.4 is 5.32 Å². The molecule has 2 amide bonds. The third kappa shape index (κ3) is 4.60. The van der Waals surface area contributed by atoms with E-state index in [-0.39, 0.29) is 35.7 Å². The number of rotatable bonds is 5. The van der Waals surface area contributed by atoms with Crippen LogP contribution in [0.25, 0.3) is 0 Å². The van der Waals surface area contributed by atoms with Gasteiger partial charge >= 0.3 is 18.0 Å². The molecule has 1 heterocycles. The fourth-order valence-corrected chi connectivity index (χ4v) is 4.20. The maximum atomic E-state index is 12.8. The smallest absolute Gasteiger partial charge is 0.338 e. The number of carbonyl (C=O) groups is 3. The monoisotopic (exact) mass is 400 g/mol. The van der Waals surface area contributed by atoms with Crippen LogP contribution in [0.2, 0.25) is 0 Å². The predicted octanol–water partition coefficient (Wildman–Crippen LogP) is 3.33. The minimum atomic E-state index is -0.424. The first-order valence-corrected chi connectivity index (χ1v) is 10.1. The van der Waals surface area contributed by atoms with Gasteiger partial charge in [0.05, 0.1) is 24.7 Å². The van der Waals surface area contributed by atoms with Crippen molar-refractivity contribution in [3.05, 3.63) is 42.0 Å². The summed E-state index contributed by atoms with van der Waals surface area (Å²) in [7, 11) is 0. The van der Waals surface area contributed by atoms with Gasteiger partial charge in [-0.2, -0.15) is 0 Å². The second-order valence-electron chi connectivity index (χ2n) is 7.49. The summed E-state index contributed by atoms with van der Waals surface area (Å²) in [6.07, 6.45) is 4.16. The van der Waals surface area contributed by atoms with Gasteiger partial charge in [-0.1, -0.05) is 25.1 Å². The van der Waals surface area contributed by atoms with E-state index in [9.17, 15) is 14.4 Å². The number of nitrogens with zero attached hydrogens (tertiary/aromatic N) is 1. The molecule has 1 fully saturated rings. The van der Waals surface area contributed by atoms with Crippen LogP contribution in [-0.4, -0.2) is 49.2 Å². The number of nitrogens with one attached hydrogen (secondary N) is 1. The lowest BCUT2D eigenvalue weighted by Crippen LogP contribution is -2.38. The van der Waals surface area contributed by atoms with Crippen molar-refractivity contribution in [2.75, 3.05) is 31.6 Å². The Hall–Kier alpha value is -2.83. The van der Waals surface area contributed by atoms with Gasteiger partial charge in [-0.15, -0.1) is 0 Å². The number of urea groups is 1. The predicted molar refractivity (Wildman–Crippen MR) is 108 cm³/mol. The molecule has 0 aromatic heterocycles. The Kier molecular flexibility index (Phi) is 6.56. The van der Waals surface area contributed by atoms with Crippen molar-refractivity contribution >= 4 is 23.7 Å². The molecule has 7 nitrogen and oxygen atoms in total. The van der Waals surface area contributed by atoms with Crippen LogP contribution in [0, 0.1) is 23.7 Å². The standard InChI is InChI=1S/C22H28N2O5/c1-4-28-20(25)15-7-6-8-17(11-15)23-22(27)24-12-16-10-9-14(3)19(18(16)13-24)21(26)29-5-2/h6-11,14,16,18-19H,4-5,12-13H2,1-3H3,(H,23,27)/t14-,16-,18-,19-/m0/s1. The Morgan fingerprint density at radius 1 is 1.10 bits per heavy atom. The lowest BCUT2D eigenvalue weighted by Gasteiger charge is -2.31. The summed E-state index contributed by atoms with van der Waals surface area (Å²) in [5, 5.41) is 2.85. The van der Waals surface area contributed by atoms with Crippen molar-refractivity contribution in [2.24, 2.45) is 23.7 Å². The summed E-state index contributed by atoms with van der Waals surface area (Å²) in [6, 6.07) is 6.43. The average Bonchev–Trinajstić information content (AvgIpc) is 3.12. The van der Waals surface area contributed by atoms with Gasteiger partial charge in [-0.05, 0) is 49.8 Å². The molecule has 0 bridgehead atoms. The van der Waals surface area contributed by atoms with Gasteiger partial charge < -0.3 is 19.7 Å². The Balaban J connectivity index is 1.68. The van der Waals surface area contributed by atoms with E-state index in [1.54, 1.807) is 43.0 Å². The molecule has 7 heteroatoms. The third-order valence-electron chi connectivity index (χ3n) is 5.57. The van der Waals surface area contributed by atoms with Crippen molar-refractivity contribution in [3.63, 3.8) is 0 Å². The summed E-state index contributed by atoms with van der Waals surface area (Å²) in [6.45, 7) is 7.24. The zero-order valence-corrected chi connectivity index (χ0v) is 17.1. The average molecular weight is 400 g/mol. The number of esters is 2. The molecule has 3 rings (SSSR count). The van der Waals surface area contributed by atoms with Crippen LogP contribution in [0.1, 0.15) is 31.1 Å². The van der Waals surface area contributed by atoms with Crippen molar-refractivity contribution in [3.8, 4) is 0 Å². The maximum absolute atomic E-state index is 12.8. The largest absolute Gasteiger partial charge is 0.466 e. The molecule has 1 saturated heterocycles. The van der Waals surface area contributed by atoms with Gasteiger partial charge in [0.15, 0.2) is 0 Å². The van der Waals surface area contributed by atoms with Crippen LogP contribution in [-0.2, 0) is 14.3 Å². The second-order valence-corrected chi connectivity index (χ2v) is 7.49. The van der Waals surface area contributed by atoms with E-state index in [1.165, 1.54) is 0 Å². The lowest BCUT2D eigenvalue weighted by molar-refractivity contribution is -0.152. The zero-order valence-electron chi connectivity index (χ0n) is 17.1. The number of likely N-dealkylation sites (tertiary alicyclic amines) is 1. The number of carbonyl (C=O) groups excluding carboxylic acids is 3. The molecule has 156 valence electrons. The molecule has 29 heavy (non-hydrogen) atoms. The normalized spacial score (nSPS) is 25.3. The van der Waals surface area contributed by atoms with E-state index in [4.69, 9.17) is 9.47 Å². The first kappa shape index (κ1) is 20.9. The van der Waals surface area contributed by atoms with Gasteiger partial charge in [-0.3, -0.25) is 4.79 Å². The molecular formula is C22H28N2O5. The van der Waals surface area contributed by atoms with Crippen LogP contribution in [0.4, 0.5) is 10.5 Å². The highest BCUT2D eigenvalue weighted by molar-refractivity contribution is 5.94. The lowest BCUT2D eigenvalue weighted by atomic mass is 9.72. The molecule has 1 aliphatic carbocycles. The number of hydrogen-bond acceptors (Lipinski definition) is 5. The Labute approximate surface area is 171 Å². The van der Waals surface area contributed by atoms with E-state index in [1.807, 2.05) is 13.0 Å². The van der Waals surface area contributed by atoms with Gasteiger partial charge in [0.25, 0.3) is 0 Å². The van der Waals surface area contributed by atoms with Crippen LogP contribution >= 0.6 is 0 Å². The number of hydrogen-bond donors (Lipinski definition) is 1. The fraction of sp³-hybridized carbons (Fsp3) is 0.500. The highest BCUT2D eigenvalue weighted by Crippen LogP contribution is 2.40. The van der Waals surface area contributed by atoms with Gasteiger partial charge in [0, 0.05) is 18.8 Å². The Morgan fingerprint density at radius 2 is 1.86 bits per heavy atom. The molecular weight excluding hydrogens is 372 g/mol. The molecule has 0 unspecified atom stereocenters. The molecule has 1 aromatic rings. The Morgan fingerprint density at radius 3 is 2.59 bits per heavy atom. The summed E-state index contributed by atoms with van der Waals surface area (Å²) < 4.78 is 10.3. The molecule has 1 N–H and O–H groups in total. The number of allylic oxidation sites excluding steroid dienone is 1. The summed E-state index contributed by atoms with van der Waals surface area (Å²) in [5.41, 5.74) is 0.917. The molecule has 1 aromatic carbocycles. The van der Waals surface area contributed by atoms with Gasteiger partial charge in [-0.25, -0.2) is 9.59 Å². The number of anilines is 1. The van der Waals surface area contributed by atoms with E-state index < -0.39 is 5.97 Å². The van der Waals surface area contributed by atoms with Crippen LogP contribution in [0.3, 0.4) is 0 Å². The zero-order chi connectivity index (χ0) is 21.0. The van der Waals surface area contributed by atoms with Crippen molar-refractivity contribution < 1.29 is 23.9 Å². The van der Waals surface area contributed by atoms with Crippen molar-refractivity contribution in [1.29, 1.82) is 0 Å². The van der Waals surface area contributed by atoms with Crippen molar-refractivity contribution in [1.82, 2.24) is 4.90 Å². The number of fused-ring (bicyclic) bond motifs is 1. The first-order valence-electron chi connectivity index (χ1n) is 10.1. The molecule has 4 atom stereocenters. The number of amides is 2. The van der Waals surface area contributed by atoms with Crippen molar-refractivity contribution in [2.45, 2.75) is 20.8 Å². The third-order valence-corrected chi connectivity index (χ3v) is 5.57. The SMILES string of the molecule is CCOC(=O)c1cccc(NC(=O)N2C[C@@H]3[C@@H](C(=O)OCC)[C@@H](C)C=C[C@H]3C2)c1. The molecule has 0 saturated carbocycles. The molecule has 0 radical (unpaired) electrons. The van der Waals surface area contributed by atoms with Crippen LogP contribution in [0.5, 0.6) is 0 Å². The van der Waals surface area contributed by atoms with Gasteiger partial charge in [0.2, 0.25) is 0 Å². The highest BCUT2D eigenvalue weighted by atomic mass is 16.5. The number of ether oxygens (including phenoxy) is 2. The minimum absolute atomic E-state index is 0.0469. The summed E-state index contributed by atoms with van der Waals surface area (Å²) in [5.74, 6) is -0.590. The molecule has 2 aliphatic rings. The van der Waals surface area contributed by atoms with E-state index >= 15 is 0 Å². The van der Waals surface area contributed by atoms with E-state index in [0.29, 0.717) is 37.6 Å². The van der Waals surface area contributed by atoms with E-state index in [2.05, 4.69) is 11.4 Å². The molecule has 0 spiro atoms. The Bertz CT molecular complexity index is 806. The molecule has 1 aliphatic heterocycles. The minimum Gasteiger partial charge on any atom is -0.466 e. The quantitative estimate of drug-likeness (QED) is 0.605. The maximum Gasteiger partial charge on any atom is 0.338 e. The summed E-state index contributed by atoms with van der Waals surface area (Å²) >= 11 is 0. The number of benzene rings is 1. The summed E-state index contributed by atoms with van der Waals surface area (Å²) in [4.78, 5) is 38.9. The topological polar surface area (TPSA) is 84.9 Å². The van der Waals surface area contributed by atoms with Gasteiger partial charge in [0.1, 0.15) is 0 Å². The fourth-order valence-electron chi connectivity index (χ4n) is 4.20.